The summed E-state index contributed by atoms with van der Waals surface area (Å²) in [6.45, 7) is 0.397. The SMILES string of the molecule is N=C1C[C@](CCC2CCCCC2)(CC2CCCCC2)C(=O)N1Cc1ccc(F)cc1. The van der Waals surface area contributed by atoms with Gasteiger partial charge in [0.05, 0.1) is 12.0 Å². The second-order valence-corrected chi connectivity index (χ2v) is 10.2. The molecule has 0 spiro atoms. The van der Waals surface area contributed by atoms with Crippen molar-refractivity contribution < 1.29 is 9.18 Å². The van der Waals surface area contributed by atoms with Crippen LogP contribution in [0, 0.1) is 28.5 Å². The lowest BCUT2D eigenvalue weighted by atomic mass is 9.69. The van der Waals surface area contributed by atoms with Crippen molar-refractivity contribution in [2.24, 2.45) is 17.3 Å². The molecule has 0 aromatic heterocycles. The number of hydrogen-bond acceptors (Lipinski definition) is 2. The van der Waals surface area contributed by atoms with Crippen molar-refractivity contribution in [2.45, 2.75) is 96.4 Å². The maximum Gasteiger partial charge on any atom is 0.234 e. The van der Waals surface area contributed by atoms with E-state index in [-0.39, 0.29) is 17.1 Å². The summed E-state index contributed by atoms with van der Waals surface area (Å²) < 4.78 is 13.3. The van der Waals surface area contributed by atoms with E-state index in [1.54, 1.807) is 17.0 Å². The second kappa shape index (κ2) is 9.62. The lowest BCUT2D eigenvalue weighted by molar-refractivity contribution is -0.137. The summed E-state index contributed by atoms with van der Waals surface area (Å²) in [5, 5.41) is 8.65. The molecule has 1 amide bonds. The minimum absolute atomic E-state index is 0.165. The predicted octanol–water partition coefficient (Wildman–Crippen LogP) is 6.85. The van der Waals surface area contributed by atoms with Crippen molar-refractivity contribution in [3.8, 4) is 0 Å². The molecule has 1 heterocycles. The highest BCUT2D eigenvalue weighted by molar-refractivity contribution is 6.07. The molecule has 2 saturated carbocycles. The number of amidine groups is 1. The Hall–Kier alpha value is -1.71. The maximum absolute atomic E-state index is 13.8. The van der Waals surface area contributed by atoms with E-state index in [2.05, 4.69) is 0 Å². The van der Waals surface area contributed by atoms with E-state index in [0.717, 1.165) is 30.7 Å². The quantitative estimate of drug-likeness (QED) is 0.523. The molecule has 1 aromatic rings. The van der Waals surface area contributed by atoms with Gasteiger partial charge in [0.1, 0.15) is 11.7 Å². The van der Waals surface area contributed by atoms with Crippen LogP contribution in [0.4, 0.5) is 4.39 Å². The topological polar surface area (TPSA) is 44.2 Å². The van der Waals surface area contributed by atoms with Gasteiger partial charge >= 0.3 is 0 Å². The van der Waals surface area contributed by atoms with Crippen molar-refractivity contribution >= 4 is 11.7 Å². The maximum atomic E-state index is 13.8. The minimum atomic E-state index is -0.378. The summed E-state index contributed by atoms with van der Waals surface area (Å²) in [5.74, 6) is 1.76. The van der Waals surface area contributed by atoms with Gasteiger partial charge in [0.2, 0.25) is 5.91 Å². The number of halogens is 1. The molecule has 0 radical (unpaired) electrons. The predicted molar refractivity (Wildman–Crippen MR) is 119 cm³/mol. The lowest BCUT2D eigenvalue weighted by Crippen LogP contribution is -2.37. The van der Waals surface area contributed by atoms with Crippen molar-refractivity contribution in [2.75, 3.05) is 0 Å². The van der Waals surface area contributed by atoms with E-state index >= 15 is 0 Å². The number of nitrogens with one attached hydrogen (secondary N) is 1. The van der Waals surface area contributed by atoms with Crippen LogP contribution in [-0.2, 0) is 11.3 Å². The molecule has 0 bridgehead atoms. The molecule has 1 aromatic carbocycles. The number of carbonyl (C=O) groups excluding carboxylic acids is 1. The van der Waals surface area contributed by atoms with Crippen LogP contribution in [0.25, 0.3) is 0 Å². The zero-order chi connectivity index (χ0) is 21.0. The Morgan fingerprint density at radius 1 is 0.933 bits per heavy atom. The normalized spacial score (nSPS) is 26.5. The first-order chi connectivity index (χ1) is 14.6. The number of carbonyl (C=O) groups is 1. The first kappa shape index (κ1) is 21.5. The molecule has 1 aliphatic heterocycles. The van der Waals surface area contributed by atoms with Gasteiger partial charge in [-0.05, 0) is 48.8 Å². The van der Waals surface area contributed by atoms with Crippen LogP contribution in [-0.4, -0.2) is 16.6 Å². The lowest BCUT2D eigenvalue weighted by Gasteiger charge is -2.34. The molecule has 4 rings (SSSR count). The summed E-state index contributed by atoms with van der Waals surface area (Å²) >= 11 is 0. The zero-order valence-electron chi connectivity index (χ0n) is 18.3. The third-order valence-electron chi connectivity index (χ3n) is 7.94. The van der Waals surface area contributed by atoms with E-state index in [9.17, 15) is 9.18 Å². The number of amides is 1. The van der Waals surface area contributed by atoms with Gasteiger partial charge in [0, 0.05) is 6.42 Å². The highest BCUT2D eigenvalue weighted by atomic mass is 19.1. The van der Waals surface area contributed by atoms with Crippen molar-refractivity contribution in [1.29, 1.82) is 5.41 Å². The largest absolute Gasteiger partial charge is 0.296 e. The van der Waals surface area contributed by atoms with E-state index < -0.39 is 0 Å². The summed E-state index contributed by atoms with van der Waals surface area (Å²) in [6, 6.07) is 6.35. The van der Waals surface area contributed by atoms with Crippen LogP contribution in [0.2, 0.25) is 0 Å². The van der Waals surface area contributed by atoms with Gasteiger partial charge < -0.3 is 0 Å². The number of likely N-dealkylation sites (tertiary alicyclic amines) is 1. The zero-order valence-corrected chi connectivity index (χ0v) is 18.3. The van der Waals surface area contributed by atoms with Crippen LogP contribution < -0.4 is 0 Å². The van der Waals surface area contributed by atoms with Crippen molar-refractivity contribution in [3.63, 3.8) is 0 Å². The Bertz CT molecular complexity index is 734. The smallest absolute Gasteiger partial charge is 0.234 e. The Morgan fingerprint density at radius 3 is 2.17 bits per heavy atom. The highest BCUT2D eigenvalue weighted by Crippen LogP contribution is 2.47. The van der Waals surface area contributed by atoms with Gasteiger partial charge in [-0.3, -0.25) is 15.1 Å². The minimum Gasteiger partial charge on any atom is -0.296 e. The number of hydrogen-bond donors (Lipinski definition) is 1. The Morgan fingerprint density at radius 2 is 1.53 bits per heavy atom. The van der Waals surface area contributed by atoms with E-state index in [1.165, 1.54) is 76.3 Å². The van der Waals surface area contributed by atoms with Crippen molar-refractivity contribution in [1.82, 2.24) is 4.90 Å². The van der Waals surface area contributed by atoms with E-state index in [1.807, 2.05) is 0 Å². The summed E-state index contributed by atoms with van der Waals surface area (Å²) in [7, 11) is 0. The second-order valence-electron chi connectivity index (χ2n) is 10.2. The van der Waals surface area contributed by atoms with Crippen LogP contribution in [0.1, 0.15) is 95.5 Å². The Balaban J connectivity index is 1.50. The molecular weight excluding hydrogens is 375 g/mol. The summed E-state index contributed by atoms with van der Waals surface area (Å²) in [4.78, 5) is 15.5. The van der Waals surface area contributed by atoms with Gasteiger partial charge in [0.25, 0.3) is 0 Å². The molecule has 2 aliphatic carbocycles. The Kier molecular flexibility index (Phi) is 6.90. The number of nitrogens with zero attached hydrogens (tertiary/aromatic N) is 1. The molecule has 3 aliphatic rings. The fraction of sp³-hybridized carbons (Fsp3) is 0.692. The molecule has 0 unspecified atom stereocenters. The highest BCUT2D eigenvalue weighted by Gasteiger charge is 2.50. The summed E-state index contributed by atoms with van der Waals surface area (Å²) in [6.07, 6.45) is 16.7. The average molecular weight is 413 g/mol. The fourth-order valence-corrected chi connectivity index (χ4v) is 6.20. The number of benzene rings is 1. The monoisotopic (exact) mass is 412 g/mol. The molecule has 30 heavy (non-hydrogen) atoms. The van der Waals surface area contributed by atoms with Gasteiger partial charge in [-0.15, -0.1) is 0 Å². The molecule has 164 valence electrons. The first-order valence-corrected chi connectivity index (χ1v) is 12.2. The van der Waals surface area contributed by atoms with E-state index in [4.69, 9.17) is 5.41 Å². The van der Waals surface area contributed by atoms with Gasteiger partial charge in [-0.25, -0.2) is 4.39 Å². The molecule has 3 nitrogen and oxygen atoms in total. The van der Waals surface area contributed by atoms with Crippen LogP contribution in [0.5, 0.6) is 0 Å². The Labute approximate surface area is 180 Å². The fourth-order valence-electron chi connectivity index (χ4n) is 6.20. The molecule has 1 saturated heterocycles. The average Bonchev–Trinajstić information content (AvgIpc) is 2.99. The number of rotatable bonds is 7. The molecular formula is C26H37FN2O. The van der Waals surface area contributed by atoms with Gasteiger partial charge in [-0.2, -0.15) is 0 Å². The third kappa shape index (κ3) is 4.95. The summed E-state index contributed by atoms with van der Waals surface area (Å²) in [5.41, 5.74) is 0.520. The first-order valence-electron chi connectivity index (χ1n) is 12.2. The molecule has 3 fully saturated rings. The van der Waals surface area contributed by atoms with Crippen molar-refractivity contribution in [3.05, 3.63) is 35.6 Å². The molecule has 1 atom stereocenters. The van der Waals surface area contributed by atoms with Crippen LogP contribution in [0.15, 0.2) is 24.3 Å². The molecule has 1 N–H and O–H groups in total. The van der Waals surface area contributed by atoms with E-state index in [0.29, 0.717) is 24.7 Å². The van der Waals surface area contributed by atoms with Crippen LogP contribution >= 0.6 is 0 Å². The van der Waals surface area contributed by atoms with Crippen LogP contribution in [0.3, 0.4) is 0 Å². The standard InChI is InChI=1S/C26H37FN2O/c27-23-13-11-22(12-14-23)19-29-24(28)18-26(25(29)30,17-21-9-5-2-6-10-21)16-15-20-7-3-1-4-8-20/h11-14,20-21,28H,1-10,15-19H2/t26-/m0/s1. The van der Waals surface area contributed by atoms with Gasteiger partial charge in [0.15, 0.2) is 0 Å². The molecule has 4 heteroatoms. The van der Waals surface area contributed by atoms with Gasteiger partial charge in [-0.1, -0.05) is 76.3 Å². The third-order valence-corrected chi connectivity index (χ3v) is 7.94.